The molecule has 1 saturated heterocycles. The van der Waals surface area contributed by atoms with Gasteiger partial charge >= 0.3 is 12.1 Å². The van der Waals surface area contributed by atoms with Crippen molar-refractivity contribution in [3.8, 4) is 0 Å². The smallest absolute Gasteiger partial charge is 0.411 e. The lowest BCUT2D eigenvalue weighted by atomic mass is 9.76. The number of carbonyl (C=O) groups excluding carboxylic acids is 1. The minimum atomic E-state index is -0.895. The summed E-state index contributed by atoms with van der Waals surface area (Å²) >= 11 is 0. The van der Waals surface area contributed by atoms with Crippen LogP contribution >= 0.6 is 0 Å². The van der Waals surface area contributed by atoms with Gasteiger partial charge in [0.15, 0.2) is 0 Å². The minimum Gasteiger partial charge on any atom is -0.480 e. The van der Waals surface area contributed by atoms with Crippen LogP contribution in [-0.2, 0) is 9.53 Å². The van der Waals surface area contributed by atoms with E-state index in [-0.39, 0.29) is 5.92 Å². The highest BCUT2D eigenvalue weighted by Gasteiger charge is 2.46. The summed E-state index contributed by atoms with van der Waals surface area (Å²) in [7, 11) is 0. The molecule has 5 nitrogen and oxygen atoms in total. The first-order valence-corrected chi connectivity index (χ1v) is 8.02. The summed E-state index contributed by atoms with van der Waals surface area (Å²) in [6.07, 6.45) is 6.08. The zero-order chi connectivity index (χ0) is 15.6. The Morgan fingerprint density at radius 2 is 1.71 bits per heavy atom. The lowest BCUT2D eigenvalue weighted by Crippen LogP contribution is -2.46. The van der Waals surface area contributed by atoms with Crippen LogP contribution in [0.3, 0.4) is 0 Å². The molecule has 1 aliphatic carbocycles. The summed E-state index contributed by atoms with van der Waals surface area (Å²) in [5.74, 6) is -0.378. The molecule has 0 radical (unpaired) electrons. The topological polar surface area (TPSA) is 66.8 Å². The van der Waals surface area contributed by atoms with Gasteiger partial charge in [0.25, 0.3) is 0 Å². The van der Waals surface area contributed by atoms with Crippen molar-refractivity contribution in [3.63, 3.8) is 0 Å². The maximum absolute atomic E-state index is 12.2. The van der Waals surface area contributed by atoms with Crippen LogP contribution in [0.1, 0.15) is 59.3 Å². The first-order valence-electron chi connectivity index (χ1n) is 8.02. The highest BCUT2D eigenvalue weighted by Crippen LogP contribution is 2.39. The molecule has 120 valence electrons. The van der Waals surface area contributed by atoms with Gasteiger partial charge in [0.05, 0.1) is 0 Å². The van der Waals surface area contributed by atoms with Gasteiger partial charge in [-0.3, -0.25) is 4.90 Å². The summed E-state index contributed by atoms with van der Waals surface area (Å²) in [4.78, 5) is 25.4. The normalized spacial score (nSPS) is 27.7. The summed E-state index contributed by atoms with van der Waals surface area (Å²) in [5, 5.41) is 9.58. The molecule has 5 heteroatoms. The standard InChI is InChI=1S/C16H27NO4/c1-16(2,3)21-15(20)17-10-9-12(13(17)14(18)19)11-7-5-4-6-8-11/h11-13H,4-10H2,1-3H3,(H,18,19)/t12-,13+/m1/s1. The monoisotopic (exact) mass is 297 g/mol. The minimum absolute atomic E-state index is 0.0790. The summed E-state index contributed by atoms with van der Waals surface area (Å²) in [6, 6.07) is -0.719. The number of hydrogen-bond acceptors (Lipinski definition) is 3. The fourth-order valence-corrected chi connectivity index (χ4v) is 3.71. The molecule has 0 bridgehead atoms. The summed E-state index contributed by atoms with van der Waals surface area (Å²) in [5.41, 5.74) is -0.594. The van der Waals surface area contributed by atoms with Crippen molar-refractivity contribution in [3.05, 3.63) is 0 Å². The van der Waals surface area contributed by atoms with Crippen molar-refractivity contribution in [2.45, 2.75) is 70.9 Å². The number of carbonyl (C=O) groups is 2. The number of ether oxygens (including phenoxy) is 1. The Hall–Kier alpha value is -1.26. The number of hydrogen-bond donors (Lipinski definition) is 1. The molecule has 1 amide bonds. The molecule has 0 spiro atoms. The number of rotatable bonds is 2. The fourth-order valence-electron chi connectivity index (χ4n) is 3.71. The lowest BCUT2D eigenvalue weighted by Gasteiger charge is -2.32. The van der Waals surface area contributed by atoms with Gasteiger partial charge in [0, 0.05) is 6.54 Å². The van der Waals surface area contributed by atoms with Crippen LogP contribution < -0.4 is 0 Å². The second-order valence-electron chi connectivity index (χ2n) is 7.31. The number of aliphatic carboxylic acids is 1. The Morgan fingerprint density at radius 1 is 1.10 bits per heavy atom. The number of carboxylic acids is 1. The van der Waals surface area contributed by atoms with Gasteiger partial charge in [-0.1, -0.05) is 32.1 Å². The average molecular weight is 297 g/mol. The third kappa shape index (κ3) is 3.89. The Kier molecular flexibility index (Phi) is 4.79. The maximum atomic E-state index is 12.2. The van der Waals surface area contributed by atoms with Crippen LogP contribution in [0, 0.1) is 11.8 Å². The molecule has 1 heterocycles. The Bertz CT molecular complexity index is 396. The van der Waals surface area contributed by atoms with E-state index in [0.717, 1.165) is 19.3 Å². The van der Waals surface area contributed by atoms with E-state index in [4.69, 9.17) is 4.74 Å². The highest BCUT2D eigenvalue weighted by atomic mass is 16.6. The molecule has 1 saturated carbocycles. The Morgan fingerprint density at radius 3 is 2.24 bits per heavy atom. The molecule has 2 fully saturated rings. The van der Waals surface area contributed by atoms with Crippen LogP contribution in [0.4, 0.5) is 4.79 Å². The van der Waals surface area contributed by atoms with Crippen LogP contribution in [0.15, 0.2) is 0 Å². The molecule has 2 atom stereocenters. The van der Waals surface area contributed by atoms with Crippen LogP contribution in [0.25, 0.3) is 0 Å². The van der Waals surface area contributed by atoms with Gasteiger partial charge < -0.3 is 9.84 Å². The van der Waals surface area contributed by atoms with E-state index >= 15 is 0 Å². The number of amides is 1. The summed E-state index contributed by atoms with van der Waals surface area (Å²) < 4.78 is 5.36. The zero-order valence-electron chi connectivity index (χ0n) is 13.3. The van der Waals surface area contributed by atoms with Gasteiger partial charge in [-0.25, -0.2) is 9.59 Å². The molecule has 2 aliphatic rings. The second-order valence-corrected chi connectivity index (χ2v) is 7.31. The highest BCUT2D eigenvalue weighted by molar-refractivity contribution is 5.81. The number of likely N-dealkylation sites (tertiary alicyclic amines) is 1. The molecule has 0 aromatic carbocycles. The van der Waals surface area contributed by atoms with E-state index in [0.29, 0.717) is 12.5 Å². The van der Waals surface area contributed by atoms with E-state index in [1.807, 2.05) is 0 Å². The molecule has 21 heavy (non-hydrogen) atoms. The van der Waals surface area contributed by atoms with Gasteiger partial charge in [0.2, 0.25) is 0 Å². The zero-order valence-corrected chi connectivity index (χ0v) is 13.3. The van der Waals surface area contributed by atoms with E-state index in [1.54, 1.807) is 20.8 Å². The largest absolute Gasteiger partial charge is 0.480 e. The average Bonchev–Trinajstić information content (AvgIpc) is 2.82. The number of nitrogens with zero attached hydrogens (tertiary/aromatic N) is 1. The van der Waals surface area contributed by atoms with E-state index in [2.05, 4.69) is 0 Å². The van der Waals surface area contributed by atoms with Crippen molar-refractivity contribution in [1.82, 2.24) is 4.90 Å². The third-order valence-corrected chi connectivity index (χ3v) is 4.58. The summed E-state index contributed by atoms with van der Waals surface area (Å²) in [6.45, 7) is 5.90. The van der Waals surface area contributed by atoms with Crippen molar-refractivity contribution in [2.75, 3.05) is 6.54 Å². The van der Waals surface area contributed by atoms with Gasteiger partial charge in [-0.05, 0) is 39.0 Å². The predicted molar refractivity (Wildman–Crippen MR) is 79.0 cm³/mol. The second kappa shape index (κ2) is 6.24. The fraction of sp³-hybridized carbons (Fsp3) is 0.875. The first-order chi connectivity index (χ1) is 9.79. The third-order valence-electron chi connectivity index (χ3n) is 4.58. The van der Waals surface area contributed by atoms with Crippen molar-refractivity contribution < 1.29 is 19.4 Å². The Labute approximate surface area is 126 Å². The van der Waals surface area contributed by atoms with Crippen molar-refractivity contribution in [2.24, 2.45) is 11.8 Å². The van der Waals surface area contributed by atoms with Gasteiger partial charge in [-0.2, -0.15) is 0 Å². The molecule has 1 aliphatic heterocycles. The molecule has 0 aromatic heterocycles. The SMILES string of the molecule is CC(C)(C)OC(=O)N1CC[C@H](C2CCCCC2)[C@H]1C(=O)O. The maximum Gasteiger partial charge on any atom is 0.411 e. The van der Waals surface area contributed by atoms with Gasteiger partial charge in [0.1, 0.15) is 11.6 Å². The van der Waals surface area contributed by atoms with Crippen LogP contribution in [0.5, 0.6) is 0 Å². The molecule has 0 aromatic rings. The quantitative estimate of drug-likeness (QED) is 0.849. The van der Waals surface area contributed by atoms with Crippen molar-refractivity contribution >= 4 is 12.1 Å². The van der Waals surface area contributed by atoms with Crippen molar-refractivity contribution in [1.29, 1.82) is 0 Å². The van der Waals surface area contributed by atoms with E-state index < -0.39 is 23.7 Å². The molecular weight excluding hydrogens is 270 g/mol. The molecular formula is C16H27NO4. The molecule has 1 N–H and O–H groups in total. The van der Waals surface area contributed by atoms with Gasteiger partial charge in [-0.15, -0.1) is 0 Å². The Balaban J connectivity index is 2.09. The van der Waals surface area contributed by atoms with E-state index in [9.17, 15) is 14.7 Å². The first kappa shape index (κ1) is 16.1. The number of carboxylic acid groups (broad SMARTS) is 1. The predicted octanol–water partition coefficient (Wildman–Crippen LogP) is 3.28. The van der Waals surface area contributed by atoms with Crippen LogP contribution in [0.2, 0.25) is 0 Å². The van der Waals surface area contributed by atoms with E-state index in [1.165, 1.54) is 24.2 Å². The van der Waals surface area contributed by atoms with Crippen LogP contribution in [-0.4, -0.2) is 40.3 Å². The molecule has 2 rings (SSSR count). The molecule has 0 unspecified atom stereocenters. The lowest BCUT2D eigenvalue weighted by molar-refractivity contribution is -0.144.